The third-order valence-electron chi connectivity index (χ3n) is 3.74. The van der Waals surface area contributed by atoms with Crippen LogP contribution in [0.1, 0.15) is 5.56 Å². The van der Waals surface area contributed by atoms with Crippen LogP contribution in [0.4, 0.5) is 5.69 Å². The monoisotopic (exact) mass is 348 g/mol. The number of anilines is 1. The lowest BCUT2D eigenvalue weighted by atomic mass is 10.2. The highest BCUT2D eigenvalue weighted by atomic mass is 35.5. The molecule has 0 radical (unpaired) electrons. The molecule has 6 nitrogen and oxygen atoms in total. The number of nitriles is 1. The molecule has 24 heavy (non-hydrogen) atoms. The third-order valence-corrected chi connectivity index (χ3v) is 3.97. The molecule has 0 aromatic heterocycles. The summed E-state index contributed by atoms with van der Waals surface area (Å²) in [7, 11) is 0. The van der Waals surface area contributed by atoms with Crippen LogP contribution in [-0.2, 0) is 9.53 Å². The molecule has 1 saturated heterocycles. The van der Waals surface area contributed by atoms with Crippen LogP contribution in [0.5, 0.6) is 0 Å². The molecule has 1 amide bonds. The lowest BCUT2D eigenvalue weighted by molar-refractivity contribution is -0.112. The molecule has 2 N–H and O–H groups in total. The van der Waals surface area contributed by atoms with Crippen molar-refractivity contribution in [1.29, 1.82) is 5.26 Å². The van der Waals surface area contributed by atoms with Crippen LogP contribution in [0, 0.1) is 18.3 Å². The van der Waals surface area contributed by atoms with E-state index in [1.165, 1.54) is 6.20 Å². The first-order valence-electron chi connectivity index (χ1n) is 7.81. The Morgan fingerprint density at radius 2 is 2.21 bits per heavy atom. The zero-order valence-corrected chi connectivity index (χ0v) is 14.4. The number of halogens is 1. The summed E-state index contributed by atoms with van der Waals surface area (Å²) in [4.78, 5) is 14.5. The van der Waals surface area contributed by atoms with E-state index in [1.54, 1.807) is 12.1 Å². The number of benzene rings is 1. The van der Waals surface area contributed by atoms with E-state index in [0.29, 0.717) is 17.3 Å². The van der Waals surface area contributed by atoms with Crippen molar-refractivity contribution in [2.75, 3.05) is 44.7 Å². The second kappa shape index (κ2) is 9.28. The summed E-state index contributed by atoms with van der Waals surface area (Å²) in [6.07, 6.45) is 1.45. The molecule has 7 heteroatoms. The Morgan fingerprint density at radius 3 is 2.92 bits per heavy atom. The first-order chi connectivity index (χ1) is 11.6. The molecule has 0 spiro atoms. The molecule has 1 aromatic rings. The van der Waals surface area contributed by atoms with Crippen molar-refractivity contribution in [3.63, 3.8) is 0 Å². The van der Waals surface area contributed by atoms with Gasteiger partial charge in [-0.1, -0.05) is 17.7 Å². The van der Waals surface area contributed by atoms with Crippen molar-refractivity contribution in [2.45, 2.75) is 6.92 Å². The maximum absolute atomic E-state index is 12.2. The molecule has 0 bridgehead atoms. The Bertz CT molecular complexity index is 648. The molecule has 1 aromatic carbocycles. The smallest absolute Gasteiger partial charge is 0.267 e. The number of hydrogen-bond acceptors (Lipinski definition) is 5. The van der Waals surface area contributed by atoms with E-state index in [-0.39, 0.29) is 5.57 Å². The van der Waals surface area contributed by atoms with E-state index < -0.39 is 5.91 Å². The van der Waals surface area contributed by atoms with Crippen LogP contribution >= 0.6 is 11.6 Å². The van der Waals surface area contributed by atoms with E-state index in [2.05, 4.69) is 15.5 Å². The van der Waals surface area contributed by atoms with Gasteiger partial charge in [0.15, 0.2) is 0 Å². The van der Waals surface area contributed by atoms with Crippen molar-refractivity contribution in [2.24, 2.45) is 0 Å². The highest BCUT2D eigenvalue weighted by Gasteiger charge is 2.12. The highest BCUT2D eigenvalue weighted by Crippen LogP contribution is 2.20. The topological polar surface area (TPSA) is 77.4 Å². The van der Waals surface area contributed by atoms with Crippen molar-refractivity contribution in [1.82, 2.24) is 10.2 Å². The number of morpholine rings is 1. The largest absolute Gasteiger partial charge is 0.388 e. The molecule has 1 fully saturated rings. The average Bonchev–Trinajstić information content (AvgIpc) is 2.59. The molecule has 0 unspecified atom stereocenters. The van der Waals surface area contributed by atoms with Crippen molar-refractivity contribution < 1.29 is 9.53 Å². The maximum Gasteiger partial charge on any atom is 0.267 e. The number of rotatable bonds is 6. The number of carbonyl (C=O) groups excluding carboxylic acids is 1. The first kappa shape index (κ1) is 18.3. The number of hydrogen-bond donors (Lipinski definition) is 2. The van der Waals surface area contributed by atoms with Crippen LogP contribution in [0.2, 0.25) is 5.02 Å². The molecule has 2 rings (SSSR count). The van der Waals surface area contributed by atoms with Gasteiger partial charge in [-0.15, -0.1) is 0 Å². The van der Waals surface area contributed by atoms with E-state index in [4.69, 9.17) is 16.3 Å². The minimum absolute atomic E-state index is 0.0244. The van der Waals surface area contributed by atoms with Gasteiger partial charge >= 0.3 is 0 Å². The van der Waals surface area contributed by atoms with Crippen LogP contribution in [0.25, 0.3) is 0 Å². The standard InChI is InChI=1S/C17H21ClN4O2/c1-13-2-3-15(18)10-16(13)21-17(23)14(11-19)12-20-4-5-22-6-8-24-9-7-22/h2-3,10,12,20H,4-9H2,1H3,(H,21,23)/b14-12-. The number of amides is 1. The number of nitrogens with one attached hydrogen (secondary N) is 2. The Labute approximate surface area is 147 Å². The van der Waals surface area contributed by atoms with Gasteiger partial charge in [0.1, 0.15) is 11.6 Å². The number of nitrogens with zero attached hydrogens (tertiary/aromatic N) is 2. The predicted molar refractivity (Wildman–Crippen MR) is 93.8 cm³/mol. The molecular weight excluding hydrogens is 328 g/mol. The molecular formula is C17H21ClN4O2. The van der Waals surface area contributed by atoms with E-state index in [0.717, 1.165) is 38.4 Å². The molecule has 1 aliphatic heterocycles. The second-order valence-corrected chi connectivity index (χ2v) is 5.93. The Hall–Kier alpha value is -2.07. The van der Waals surface area contributed by atoms with Crippen molar-refractivity contribution in [3.8, 4) is 6.07 Å². The van der Waals surface area contributed by atoms with Crippen molar-refractivity contribution in [3.05, 3.63) is 40.6 Å². The van der Waals surface area contributed by atoms with E-state index >= 15 is 0 Å². The lowest BCUT2D eigenvalue weighted by Gasteiger charge is -2.26. The fourth-order valence-electron chi connectivity index (χ4n) is 2.29. The Morgan fingerprint density at radius 1 is 1.46 bits per heavy atom. The van der Waals surface area contributed by atoms with Gasteiger partial charge in [-0.05, 0) is 24.6 Å². The summed E-state index contributed by atoms with van der Waals surface area (Å²) in [6.45, 7) is 6.68. The molecule has 0 atom stereocenters. The third kappa shape index (κ3) is 5.53. The highest BCUT2D eigenvalue weighted by molar-refractivity contribution is 6.31. The first-order valence-corrected chi connectivity index (χ1v) is 8.19. The van der Waals surface area contributed by atoms with Crippen LogP contribution in [0.15, 0.2) is 30.0 Å². The van der Waals surface area contributed by atoms with Gasteiger partial charge in [0, 0.05) is 43.1 Å². The molecule has 0 aliphatic carbocycles. The second-order valence-electron chi connectivity index (χ2n) is 5.49. The quantitative estimate of drug-likeness (QED) is 0.466. The van der Waals surface area contributed by atoms with Crippen LogP contribution < -0.4 is 10.6 Å². The minimum Gasteiger partial charge on any atom is -0.388 e. The normalized spacial score (nSPS) is 15.6. The summed E-state index contributed by atoms with van der Waals surface area (Å²) in [5, 5.41) is 15.4. The summed E-state index contributed by atoms with van der Waals surface area (Å²) in [5.41, 5.74) is 1.50. The van der Waals surface area contributed by atoms with Gasteiger partial charge in [-0.3, -0.25) is 9.69 Å². The van der Waals surface area contributed by atoms with Gasteiger partial charge in [0.05, 0.1) is 13.2 Å². The lowest BCUT2D eigenvalue weighted by Crippen LogP contribution is -2.39. The molecule has 1 heterocycles. The van der Waals surface area contributed by atoms with E-state index in [9.17, 15) is 10.1 Å². The SMILES string of the molecule is Cc1ccc(Cl)cc1NC(=O)/C(C#N)=C\NCCN1CCOCC1. The summed E-state index contributed by atoms with van der Waals surface area (Å²) < 4.78 is 5.29. The maximum atomic E-state index is 12.2. The summed E-state index contributed by atoms with van der Waals surface area (Å²) in [6, 6.07) is 7.14. The molecule has 1 aliphatic rings. The summed E-state index contributed by atoms with van der Waals surface area (Å²) in [5.74, 6) is -0.457. The minimum atomic E-state index is -0.457. The molecule has 0 saturated carbocycles. The fraction of sp³-hybridized carbons (Fsp3) is 0.412. The number of aryl methyl sites for hydroxylation is 1. The zero-order chi connectivity index (χ0) is 17.4. The Kier molecular flexibility index (Phi) is 7.07. The van der Waals surface area contributed by atoms with Gasteiger partial charge in [0.2, 0.25) is 0 Å². The van der Waals surface area contributed by atoms with Gasteiger partial charge < -0.3 is 15.4 Å². The molecule has 128 valence electrons. The van der Waals surface area contributed by atoms with Gasteiger partial charge in [-0.2, -0.15) is 5.26 Å². The van der Waals surface area contributed by atoms with Crippen LogP contribution in [0.3, 0.4) is 0 Å². The van der Waals surface area contributed by atoms with Gasteiger partial charge in [-0.25, -0.2) is 0 Å². The van der Waals surface area contributed by atoms with Crippen molar-refractivity contribution >= 4 is 23.2 Å². The summed E-state index contributed by atoms with van der Waals surface area (Å²) >= 11 is 5.93. The zero-order valence-electron chi connectivity index (χ0n) is 13.6. The van der Waals surface area contributed by atoms with Crippen LogP contribution in [-0.4, -0.2) is 50.2 Å². The number of ether oxygens (including phenoxy) is 1. The predicted octanol–water partition coefficient (Wildman–Crippen LogP) is 1.92. The van der Waals surface area contributed by atoms with E-state index in [1.807, 2.05) is 19.1 Å². The Balaban J connectivity index is 1.86. The fourth-order valence-corrected chi connectivity index (χ4v) is 2.46. The average molecular weight is 349 g/mol. The van der Waals surface area contributed by atoms with Gasteiger partial charge in [0.25, 0.3) is 5.91 Å². The number of carbonyl (C=O) groups is 1.